The van der Waals surface area contributed by atoms with E-state index in [2.05, 4.69) is 31.2 Å². The van der Waals surface area contributed by atoms with Gasteiger partial charge in [0.05, 0.1) is 28.6 Å². The summed E-state index contributed by atoms with van der Waals surface area (Å²) in [6, 6.07) is 0.0951. The minimum absolute atomic E-state index is 0.0951. The van der Waals surface area contributed by atoms with Gasteiger partial charge in [0.15, 0.2) is 0 Å². The van der Waals surface area contributed by atoms with Crippen LogP contribution in [0.1, 0.15) is 58.2 Å². The van der Waals surface area contributed by atoms with Gasteiger partial charge in [-0.3, -0.25) is 4.68 Å². The van der Waals surface area contributed by atoms with E-state index >= 15 is 0 Å². The fourth-order valence-electron chi connectivity index (χ4n) is 2.98. The van der Waals surface area contributed by atoms with Gasteiger partial charge in [0.1, 0.15) is 0 Å². The molecule has 2 atom stereocenters. The van der Waals surface area contributed by atoms with E-state index in [1.54, 1.807) is 6.20 Å². The molecule has 0 radical (unpaired) electrons. The zero-order chi connectivity index (χ0) is 14.6. The lowest BCUT2D eigenvalue weighted by molar-refractivity contribution is -0.0913. The molecule has 4 nitrogen and oxygen atoms in total. The standard InChI is InChI=1S/C15H26ClN3O/c1-4-9-17-14(15(3)8-6-7-10-20-15)13-12(16)11-18-19(13)5-2/h11,14,17H,4-10H2,1-3H3. The minimum atomic E-state index is -0.204. The lowest BCUT2D eigenvalue weighted by atomic mass is 9.86. The molecule has 0 aromatic carbocycles. The predicted octanol–water partition coefficient (Wildman–Crippen LogP) is 3.56. The number of aromatic nitrogens is 2. The normalized spacial score (nSPS) is 24.8. The van der Waals surface area contributed by atoms with E-state index < -0.39 is 0 Å². The van der Waals surface area contributed by atoms with Crippen LogP contribution >= 0.6 is 11.6 Å². The number of rotatable bonds is 6. The summed E-state index contributed by atoms with van der Waals surface area (Å²) in [6.07, 6.45) is 6.24. The quantitative estimate of drug-likeness (QED) is 0.873. The molecule has 0 bridgehead atoms. The minimum Gasteiger partial charge on any atom is -0.373 e. The summed E-state index contributed by atoms with van der Waals surface area (Å²) in [4.78, 5) is 0. The van der Waals surface area contributed by atoms with E-state index in [4.69, 9.17) is 16.3 Å². The summed E-state index contributed by atoms with van der Waals surface area (Å²) in [5, 5.41) is 8.74. The van der Waals surface area contributed by atoms with Crippen molar-refractivity contribution in [2.45, 2.75) is 64.6 Å². The molecule has 1 aliphatic rings. The number of nitrogens with zero attached hydrogens (tertiary/aromatic N) is 2. The molecule has 2 rings (SSSR count). The van der Waals surface area contributed by atoms with E-state index in [0.717, 1.165) is 49.7 Å². The largest absolute Gasteiger partial charge is 0.373 e. The molecule has 1 aromatic heterocycles. The number of aryl methyl sites for hydroxylation is 1. The average Bonchev–Trinajstić information content (AvgIpc) is 2.81. The van der Waals surface area contributed by atoms with Crippen LogP contribution in [0.5, 0.6) is 0 Å². The van der Waals surface area contributed by atoms with Crippen molar-refractivity contribution in [1.82, 2.24) is 15.1 Å². The van der Waals surface area contributed by atoms with Crippen molar-refractivity contribution >= 4 is 11.6 Å². The first kappa shape index (κ1) is 15.8. The zero-order valence-electron chi connectivity index (χ0n) is 12.8. The molecule has 1 aromatic rings. The van der Waals surface area contributed by atoms with Crippen LogP contribution in [0.3, 0.4) is 0 Å². The van der Waals surface area contributed by atoms with Gasteiger partial charge in [0.2, 0.25) is 0 Å². The van der Waals surface area contributed by atoms with Gasteiger partial charge in [0, 0.05) is 13.2 Å². The average molecular weight is 300 g/mol. The maximum absolute atomic E-state index is 6.40. The van der Waals surface area contributed by atoms with Crippen molar-refractivity contribution in [3.8, 4) is 0 Å². The highest BCUT2D eigenvalue weighted by Gasteiger charge is 2.40. The monoisotopic (exact) mass is 299 g/mol. The third-order valence-electron chi connectivity index (χ3n) is 4.11. The van der Waals surface area contributed by atoms with Crippen LogP contribution in [0.25, 0.3) is 0 Å². The predicted molar refractivity (Wildman–Crippen MR) is 82.2 cm³/mol. The second kappa shape index (κ2) is 6.92. The van der Waals surface area contributed by atoms with Crippen LogP contribution in [0, 0.1) is 0 Å². The van der Waals surface area contributed by atoms with Crippen LogP contribution in [0.4, 0.5) is 0 Å². The van der Waals surface area contributed by atoms with Gasteiger partial charge in [0.25, 0.3) is 0 Å². The molecule has 1 N–H and O–H groups in total. The second-order valence-corrected chi connectivity index (χ2v) is 6.11. The van der Waals surface area contributed by atoms with Crippen molar-refractivity contribution in [2.75, 3.05) is 13.2 Å². The van der Waals surface area contributed by atoms with Crippen LogP contribution in [0.15, 0.2) is 6.20 Å². The number of ether oxygens (including phenoxy) is 1. The molecular weight excluding hydrogens is 274 g/mol. The Morgan fingerprint density at radius 3 is 2.90 bits per heavy atom. The van der Waals surface area contributed by atoms with Gasteiger partial charge >= 0.3 is 0 Å². The van der Waals surface area contributed by atoms with Crippen molar-refractivity contribution in [2.24, 2.45) is 0 Å². The van der Waals surface area contributed by atoms with Gasteiger partial charge in [-0.2, -0.15) is 5.10 Å². The number of hydrogen-bond donors (Lipinski definition) is 1. The number of hydrogen-bond acceptors (Lipinski definition) is 3. The summed E-state index contributed by atoms with van der Waals surface area (Å²) >= 11 is 6.40. The highest BCUT2D eigenvalue weighted by molar-refractivity contribution is 6.31. The first-order valence-corrected chi connectivity index (χ1v) is 8.08. The SMILES string of the molecule is CCCNC(c1c(Cl)cnn1CC)C1(C)CCCCO1. The van der Waals surface area contributed by atoms with E-state index in [0.29, 0.717) is 0 Å². The summed E-state index contributed by atoms with van der Waals surface area (Å²) in [7, 11) is 0. The lowest BCUT2D eigenvalue weighted by Crippen LogP contribution is -2.47. The summed E-state index contributed by atoms with van der Waals surface area (Å²) in [6.45, 7) is 9.07. The van der Waals surface area contributed by atoms with Gasteiger partial charge in [-0.25, -0.2) is 0 Å². The first-order chi connectivity index (χ1) is 9.62. The first-order valence-electron chi connectivity index (χ1n) is 7.71. The highest BCUT2D eigenvalue weighted by Crippen LogP contribution is 2.39. The third kappa shape index (κ3) is 3.18. The summed E-state index contributed by atoms with van der Waals surface area (Å²) in [5.74, 6) is 0. The Labute approximate surface area is 126 Å². The van der Waals surface area contributed by atoms with E-state index in [1.165, 1.54) is 6.42 Å². The molecular formula is C15H26ClN3O. The molecule has 1 aliphatic heterocycles. The zero-order valence-corrected chi connectivity index (χ0v) is 13.5. The fraction of sp³-hybridized carbons (Fsp3) is 0.800. The third-order valence-corrected chi connectivity index (χ3v) is 4.41. The Hall–Kier alpha value is -0.580. The van der Waals surface area contributed by atoms with Crippen LogP contribution in [0.2, 0.25) is 5.02 Å². The number of halogens is 1. The second-order valence-electron chi connectivity index (χ2n) is 5.70. The van der Waals surface area contributed by atoms with Crippen molar-refractivity contribution in [3.63, 3.8) is 0 Å². The van der Waals surface area contributed by atoms with Gasteiger partial charge in [-0.05, 0) is 46.1 Å². The van der Waals surface area contributed by atoms with Crippen molar-refractivity contribution < 1.29 is 4.74 Å². The Bertz CT molecular complexity index is 427. The maximum Gasteiger partial charge on any atom is 0.0864 e. The van der Waals surface area contributed by atoms with Crippen molar-refractivity contribution in [1.29, 1.82) is 0 Å². The molecule has 2 unspecified atom stereocenters. The van der Waals surface area contributed by atoms with Crippen LogP contribution < -0.4 is 5.32 Å². The lowest BCUT2D eigenvalue weighted by Gasteiger charge is -2.41. The molecule has 5 heteroatoms. The van der Waals surface area contributed by atoms with E-state index in [-0.39, 0.29) is 11.6 Å². The van der Waals surface area contributed by atoms with Gasteiger partial charge in [-0.1, -0.05) is 18.5 Å². The molecule has 1 saturated heterocycles. The van der Waals surface area contributed by atoms with Crippen LogP contribution in [-0.4, -0.2) is 28.5 Å². The van der Waals surface area contributed by atoms with Gasteiger partial charge < -0.3 is 10.1 Å². The Balaban J connectivity index is 2.33. The molecule has 0 aliphatic carbocycles. The molecule has 0 amide bonds. The fourth-order valence-corrected chi connectivity index (χ4v) is 3.23. The van der Waals surface area contributed by atoms with Gasteiger partial charge in [-0.15, -0.1) is 0 Å². The Morgan fingerprint density at radius 1 is 1.50 bits per heavy atom. The highest BCUT2D eigenvalue weighted by atomic mass is 35.5. The van der Waals surface area contributed by atoms with E-state index in [1.807, 2.05) is 4.68 Å². The summed E-state index contributed by atoms with van der Waals surface area (Å²) < 4.78 is 8.13. The maximum atomic E-state index is 6.40. The summed E-state index contributed by atoms with van der Waals surface area (Å²) in [5.41, 5.74) is 0.858. The Morgan fingerprint density at radius 2 is 2.30 bits per heavy atom. The molecule has 0 saturated carbocycles. The molecule has 20 heavy (non-hydrogen) atoms. The number of nitrogens with one attached hydrogen (secondary N) is 1. The molecule has 2 heterocycles. The molecule has 1 fully saturated rings. The molecule has 114 valence electrons. The Kier molecular flexibility index (Phi) is 5.47. The van der Waals surface area contributed by atoms with E-state index in [9.17, 15) is 0 Å². The topological polar surface area (TPSA) is 39.1 Å². The van der Waals surface area contributed by atoms with Crippen molar-refractivity contribution in [3.05, 3.63) is 16.9 Å². The smallest absolute Gasteiger partial charge is 0.0864 e. The molecule has 0 spiro atoms. The van der Waals surface area contributed by atoms with Crippen LogP contribution in [-0.2, 0) is 11.3 Å².